The molecule has 3 aromatic heterocycles. The summed E-state index contributed by atoms with van der Waals surface area (Å²) < 4.78 is 13.9. The van der Waals surface area contributed by atoms with Crippen LogP contribution in [0.15, 0.2) is 41.1 Å². The van der Waals surface area contributed by atoms with Gasteiger partial charge in [0.2, 0.25) is 0 Å². The first-order chi connectivity index (χ1) is 18.7. The number of likely N-dealkylation sites (tertiary alicyclic amines) is 1. The largest absolute Gasteiger partial charge is 0.361 e. The van der Waals surface area contributed by atoms with E-state index in [1.165, 1.54) is 18.5 Å². The van der Waals surface area contributed by atoms with Crippen LogP contribution in [0.2, 0.25) is 25.7 Å². The van der Waals surface area contributed by atoms with E-state index in [-0.39, 0.29) is 5.91 Å². The van der Waals surface area contributed by atoms with E-state index in [0.717, 1.165) is 66.1 Å². The molecule has 1 N–H and O–H groups in total. The van der Waals surface area contributed by atoms with E-state index in [4.69, 9.17) is 9.26 Å². The first kappa shape index (κ1) is 26.2. The number of carbonyl (C=O) groups excluding carboxylic acids is 1. The number of fused-ring (bicyclic) bond motifs is 2. The van der Waals surface area contributed by atoms with Crippen molar-refractivity contribution in [3.05, 3.63) is 53.5 Å². The summed E-state index contributed by atoms with van der Waals surface area (Å²) in [5, 5.41) is 9.24. The lowest BCUT2D eigenvalue weighted by Crippen LogP contribution is -2.27. The molecule has 1 aromatic carbocycles. The van der Waals surface area contributed by atoms with E-state index in [1.54, 1.807) is 6.07 Å². The van der Waals surface area contributed by atoms with Gasteiger partial charge in [0.15, 0.2) is 5.58 Å². The van der Waals surface area contributed by atoms with Gasteiger partial charge < -0.3 is 19.1 Å². The molecule has 1 atom stereocenters. The molecule has 2 fully saturated rings. The van der Waals surface area contributed by atoms with Crippen LogP contribution in [0.3, 0.4) is 0 Å². The van der Waals surface area contributed by atoms with Gasteiger partial charge in [0, 0.05) is 67.5 Å². The Morgan fingerprint density at radius 3 is 2.77 bits per heavy atom. The van der Waals surface area contributed by atoms with Crippen molar-refractivity contribution < 1.29 is 14.1 Å². The van der Waals surface area contributed by atoms with Crippen molar-refractivity contribution in [2.75, 3.05) is 18.5 Å². The van der Waals surface area contributed by atoms with Gasteiger partial charge in [-0.25, -0.2) is 4.98 Å². The maximum Gasteiger partial charge on any atom is 0.256 e. The van der Waals surface area contributed by atoms with Crippen LogP contribution in [0, 0.1) is 0 Å². The van der Waals surface area contributed by atoms with Crippen molar-refractivity contribution in [1.82, 2.24) is 19.6 Å². The molecule has 4 heterocycles. The third kappa shape index (κ3) is 5.80. The van der Waals surface area contributed by atoms with Crippen LogP contribution in [-0.4, -0.2) is 52.8 Å². The Morgan fingerprint density at radius 2 is 2.03 bits per heavy atom. The number of hydrogen-bond acceptors (Lipinski definition) is 6. The Morgan fingerprint density at radius 1 is 1.18 bits per heavy atom. The Bertz CT molecular complexity index is 1500. The number of rotatable bonds is 10. The summed E-state index contributed by atoms with van der Waals surface area (Å²) >= 11 is 0. The predicted octanol–water partition coefficient (Wildman–Crippen LogP) is 6.60. The quantitative estimate of drug-likeness (QED) is 0.178. The van der Waals surface area contributed by atoms with Gasteiger partial charge in [-0.1, -0.05) is 24.8 Å². The topological polar surface area (TPSA) is 85.4 Å². The normalized spacial score (nSPS) is 18.4. The molecular formula is C30H39N5O3Si. The maximum absolute atomic E-state index is 13.2. The van der Waals surface area contributed by atoms with Crippen LogP contribution in [0.4, 0.5) is 5.82 Å². The summed E-state index contributed by atoms with van der Waals surface area (Å²) in [6.07, 6.45) is 6.60. The molecule has 0 radical (unpaired) electrons. The highest BCUT2D eigenvalue weighted by Gasteiger charge is 2.29. The number of anilines is 1. The monoisotopic (exact) mass is 545 g/mol. The second-order valence-electron chi connectivity index (χ2n) is 12.5. The fourth-order valence-corrected chi connectivity index (χ4v) is 6.23. The molecule has 8 nitrogen and oxygen atoms in total. The molecule has 0 spiro atoms. The molecule has 2 aliphatic rings. The molecule has 4 aromatic rings. The maximum atomic E-state index is 13.2. The minimum Gasteiger partial charge on any atom is -0.361 e. The lowest BCUT2D eigenvalue weighted by Gasteiger charge is -2.22. The summed E-state index contributed by atoms with van der Waals surface area (Å²) in [4.78, 5) is 20.4. The Hall–Kier alpha value is -3.01. The van der Waals surface area contributed by atoms with Crippen molar-refractivity contribution in [1.29, 1.82) is 0 Å². The summed E-state index contributed by atoms with van der Waals surface area (Å²) in [7, 11) is -1.17. The number of carbonyl (C=O) groups is 1. The zero-order valence-corrected chi connectivity index (χ0v) is 24.5. The molecule has 206 valence electrons. The highest BCUT2D eigenvalue weighted by atomic mass is 28.3. The number of pyridine rings is 1. The average Bonchev–Trinajstić information content (AvgIpc) is 3.38. The van der Waals surface area contributed by atoms with Gasteiger partial charge in [-0.05, 0) is 69.5 Å². The number of amides is 1. The molecule has 9 heteroatoms. The average molecular weight is 546 g/mol. The number of aromatic nitrogens is 3. The zero-order valence-electron chi connectivity index (χ0n) is 23.5. The molecule has 0 unspecified atom stereocenters. The van der Waals surface area contributed by atoms with Crippen LogP contribution in [0.25, 0.3) is 21.9 Å². The van der Waals surface area contributed by atoms with E-state index in [0.29, 0.717) is 30.1 Å². The van der Waals surface area contributed by atoms with Crippen molar-refractivity contribution in [3.63, 3.8) is 0 Å². The van der Waals surface area contributed by atoms with E-state index in [2.05, 4.69) is 57.6 Å². The van der Waals surface area contributed by atoms with Gasteiger partial charge in [-0.15, -0.1) is 0 Å². The molecular weight excluding hydrogens is 506 g/mol. The van der Waals surface area contributed by atoms with Gasteiger partial charge in [0.25, 0.3) is 5.91 Å². The number of hydrogen-bond donors (Lipinski definition) is 1. The number of benzene rings is 1. The highest BCUT2D eigenvalue weighted by Crippen LogP contribution is 2.42. The second-order valence-corrected chi connectivity index (χ2v) is 18.1. The van der Waals surface area contributed by atoms with Crippen LogP contribution in [-0.2, 0) is 18.0 Å². The SMILES string of the molecule is C[C@H]1CCCN1Cc1cc2cnc(NC(=O)c3ccc4onc(C5CC5)c4c3)cc2n1COCC[Si](C)(C)C. The number of nitrogens with zero attached hydrogens (tertiary/aromatic N) is 4. The lowest BCUT2D eigenvalue weighted by molar-refractivity contribution is 0.0863. The van der Waals surface area contributed by atoms with Crippen LogP contribution >= 0.6 is 0 Å². The van der Waals surface area contributed by atoms with Crippen molar-refractivity contribution >= 4 is 41.7 Å². The van der Waals surface area contributed by atoms with Crippen LogP contribution in [0.5, 0.6) is 0 Å². The molecule has 1 aliphatic carbocycles. The summed E-state index contributed by atoms with van der Waals surface area (Å²) in [6, 6.07) is 11.4. The first-order valence-corrected chi connectivity index (χ1v) is 18.0. The summed E-state index contributed by atoms with van der Waals surface area (Å²) in [5.74, 6) is 0.789. The van der Waals surface area contributed by atoms with Crippen molar-refractivity contribution in [2.24, 2.45) is 0 Å². The molecule has 39 heavy (non-hydrogen) atoms. The van der Waals surface area contributed by atoms with Gasteiger partial charge in [-0.3, -0.25) is 9.69 Å². The molecule has 1 saturated carbocycles. The van der Waals surface area contributed by atoms with E-state index < -0.39 is 8.07 Å². The third-order valence-corrected chi connectivity index (χ3v) is 9.81. The number of ether oxygens (including phenoxy) is 1. The third-order valence-electron chi connectivity index (χ3n) is 8.11. The highest BCUT2D eigenvalue weighted by molar-refractivity contribution is 6.76. The van der Waals surface area contributed by atoms with E-state index in [9.17, 15) is 4.79 Å². The molecule has 1 amide bonds. The number of nitrogens with one attached hydrogen (secondary N) is 1. The van der Waals surface area contributed by atoms with Gasteiger partial charge in [0.05, 0.1) is 11.2 Å². The summed E-state index contributed by atoms with van der Waals surface area (Å²) in [5.41, 5.74) is 4.51. The zero-order chi connectivity index (χ0) is 27.1. The molecule has 0 bridgehead atoms. The van der Waals surface area contributed by atoms with Crippen molar-refractivity contribution in [2.45, 2.75) is 83.5 Å². The van der Waals surface area contributed by atoms with Gasteiger partial charge in [-0.2, -0.15) is 0 Å². The smallest absolute Gasteiger partial charge is 0.256 e. The first-order valence-electron chi connectivity index (χ1n) is 14.3. The lowest BCUT2D eigenvalue weighted by atomic mass is 10.1. The van der Waals surface area contributed by atoms with Crippen molar-refractivity contribution in [3.8, 4) is 0 Å². The van der Waals surface area contributed by atoms with E-state index >= 15 is 0 Å². The minimum absolute atomic E-state index is 0.192. The van der Waals surface area contributed by atoms with Gasteiger partial charge in [0.1, 0.15) is 12.5 Å². The fraction of sp³-hybridized carbons (Fsp3) is 0.500. The Kier molecular flexibility index (Phi) is 7.07. The Balaban J connectivity index is 1.25. The predicted molar refractivity (Wildman–Crippen MR) is 157 cm³/mol. The molecule has 1 aliphatic heterocycles. The van der Waals surface area contributed by atoms with Crippen LogP contribution in [0.1, 0.15) is 60.3 Å². The van der Waals surface area contributed by atoms with Gasteiger partial charge >= 0.3 is 0 Å². The molecule has 6 rings (SSSR count). The fourth-order valence-electron chi connectivity index (χ4n) is 5.47. The summed E-state index contributed by atoms with van der Waals surface area (Å²) in [6.45, 7) is 12.7. The van der Waals surface area contributed by atoms with E-state index in [1.807, 2.05) is 24.4 Å². The molecule has 1 saturated heterocycles. The minimum atomic E-state index is -1.17. The Labute approximate surface area is 230 Å². The standard InChI is InChI=1S/C30H39N5O3Si/c1-20-6-5-11-34(20)18-24-14-23-17-31-28(16-26(23)35(24)19-37-12-13-39(2,3)4)32-30(36)22-9-10-27-25(15-22)29(33-38-27)21-7-8-21/h9-10,14-17,20-21H,5-8,11-13,18-19H2,1-4H3,(H,31,32,36)/t20-/m0/s1. The van der Waals surface area contributed by atoms with Crippen LogP contribution < -0.4 is 5.32 Å². The second kappa shape index (κ2) is 10.5.